The van der Waals surface area contributed by atoms with Crippen LogP contribution < -0.4 is 5.73 Å². The van der Waals surface area contributed by atoms with Crippen LogP contribution in [-0.2, 0) is 9.53 Å². The van der Waals surface area contributed by atoms with Crippen molar-refractivity contribution in [1.82, 2.24) is 0 Å². The fraction of sp³-hybridized carbons (Fsp3) is 0.417. The van der Waals surface area contributed by atoms with Gasteiger partial charge in [0.25, 0.3) is 0 Å². The Labute approximate surface area is 114 Å². The number of nitrogens with two attached hydrogens (primary N) is 1. The highest BCUT2D eigenvalue weighted by Gasteiger charge is 2.32. The van der Waals surface area contributed by atoms with Crippen LogP contribution in [-0.4, -0.2) is 28.8 Å². The summed E-state index contributed by atoms with van der Waals surface area (Å²) in [6.45, 7) is 2.90. The third kappa shape index (κ3) is 3.02. The number of esters is 1. The molecule has 0 spiro atoms. The summed E-state index contributed by atoms with van der Waals surface area (Å²) in [5.74, 6) is -1.92. The number of hydrogen-bond donors (Lipinski definition) is 2. The zero-order chi connectivity index (χ0) is 15.4. The van der Waals surface area contributed by atoms with Crippen molar-refractivity contribution in [2.45, 2.75) is 26.1 Å². The number of phenolic OH excluding ortho intramolecular Hbond substituents is 1. The SMILES string of the molecule is CCOC(=O)C(F)[C@@H](N)c1ccc(C)c([N+](=O)[O-])c1O. The summed E-state index contributed by atoms with van der Waals surface area (Å²) in [4.78, 5) is 21.3. The topological polar surface area (TPSA) is 116 Å². The first kappa shape index (κ1) is 15.8. The summed E-state index contributed by atoms with van der Waals surface area (Å²) < 4.78 is 18.3. The number of nitrogens with zero attached hydrogens (tertiary/aromatic N) is 1. The smallest absolute Gasteiger partial charge is 0.342 e. The quantitative estimate of drug-likeness (QED) is 0.481. The molecule has 1 aromatic carbocycles. The Bertz CT molecular complexity index is 535. The zero-order valence-corrected chi connectivity index (χ0v) is 11.0. The number of phenols is 1. The van der Waals surface area contributed by atoms with Gasteiger partial charge in [0.2, 0.25) is 6.17 Å². The van der Waals surface area contributed by atoms with Gasteiger partial charge in [-0.25, -0.2) is 9.18 Å². The van der Waals surface area contributed by atoms with Crippen LogP contribution in [0.2, 0.25) is 0 Å². The lowest BCUT2D eigenvalue weighted by Crippen LogP contribution is -2.31. The summed E-state index contributed by atoms with van der Waals surface area (Å²) in [6.07, 6.45) is -2.22. The summed E-state index contributed by atoms with van der Waals surface area (Å²) >= 11 is 0. The maximum absolute atomic E-state index is 13.8. The number of carbonyl (C=O) groups is 1. The van der Waals surface area contributed by atoms with Crippen molar-refractivity contribution < 1.29 is 24.0 Å². The van der Waals surface area contributed by atoms with E-state index in [1.165, 1.54) is 26.0 Å². The number of nitro benzene ring substituents is 1. The molecule has 2 atom stereocenters. The summed E-state index contributed by atoms with van der Waals surface area (Å²) in [5, 5.41) is 20.7. The maximum atomic E-state index is 13.8. The molecule has 1 rings (SSSR count). The zero-order valence-electron chi connectivity index (χ0n) is 11.0. The van der Waals surface area contributed by atoms with Gasteiger partial charge in [-0.1, -0.05) is 12.1 Å². The van der Waals surface area contributed by atoms with Crippen LogP contribution in [0.5, 0.6) is 5.75 Å². The molecule has 0 aromatic heterocycles. The molecule has 3 N–H and O–H groups in total. The highest BCUT2D eigenvalue weighted by atomic mass is 19.1. The molecule has 1 unspecified atom stereocenters. The average molecular weight is 286 g/mol. The van der Waals surface area contributed by atoms with Crippen molar-refractivity contribution >= 4 is 11.7 Å². The van der Waals surface area contributed by atoms with Gasteiger partial charge in [0.05, 0.1) is 17.6 Å². The van der Waals surface area contributed by atoms with Gasteiger partial charge in [-0.15, -0.1) is 0 Å². The van der Waals surface area contributed by atoms with Gasteiger partial charge in [-0.2, -0.15) is 0 Å². The molecular weight excluding hydrogens is 271 g/mol. The Balaban J connectivity index is 3.17. The maximum Gasteiger partial charge on any atom is 0.342 e. The molecule has 0 saturated heterocycles. The molecule has 0 bridgehead atoms. The van der Waals surface area contributed by atoms with Gasteiger partial charge in [0.15, 0.2) is 5.75 Å². The molecule has 0 aliphatic heterocycles. The van der Waals surface area contributed by atoms with E-state index in [0.717, 1.165) is 0 Å². The highest BCUT2D eigenvalue weighted by molar-refractivity contribution is 5.76. The average Bonchev–Trinajstić information content (AvgIpc) is 2.37. The minimum absolute atomic E-state index is 0.0218. The summed E-state index contributed by atoms with van der Waals surface area (Å²) in [6, 6.07) is 1.02. The molecule has 20 heavy (non-hydrogen) atoms. The monoisotopic (exact) mass is 286 g/mol. The van der Waals surface area contributed by atoms with Crippen LogP contribution in [0.15, 0.2) is 12.1 Å². The van der Waals surface area contributed by atoms with E-state index in [0.29, 0.717) is 0 Å². The molecule has 0 fully saturated rings. The highest BCUT2D eigenvalue weighted by Crippen LogP contribution is 2.37. The van der Waals surface area contributed by atoms with Gasteiger partial charge in [-0.3, -0.25) is 10.1 Å². The first-order valence-electron chi connectivity index (χ1n) is 5.84. The Morgan fingerprint density at radius 1 is 1.60 bits per heavy atom. The number of benzene rings is 1. The molecule has 110 valence electrons. The molecule has 0 heterocycles. The van der Waals surface area contributed by atoms with Gasteiger partial charge in [0.1, 0.15) is 0 Å². The van der Waals surface area contributed by atoms with Gasteiger partial charge in [-0.05, 0) is 13.8 Å². The van der Waals surface area contributed by atoms with Crippen molar-refractivity contribution in [3.8, 4) is 5.75 Å². The Morgan fingerprint density at radius 3 is 2.70 bits per heavy atom. The third-order valence-electron chi connectivity index (χ3n) is 2.75. The number of alkyl halides is 1. The Hall–Kier alpha value is -2.22. The second-order valence-corrected chi connectivity index (χ2v) is 4.11. The lowest BCUT2D eigenvalue weighted by molar-refractivity contribution is -0.386. The van der Waals surface area contributed by atoms with E-state index in [1.807, 2.05) is 0 Å². The van der Waals surface area contributed by atoms with E-state index in [2.05, 4.69) is 4.74 Å². The van der Waals surface area contributed by atoms with E-state index in [4.69, 9.17) is 5.73 Å². The first-order chi connectivity index (χ1) is 9.31. The molecular formula is C12H15FN2O5. The van der Waals surface area contributed by atoms with Gasteiger partial charge < -0.3 is 15.6 Å². The fourth-order valence-corrected chi connectivity index (χ4v) is 1.72. The lowest BCUT2D eigenvalue weighted by Gasteiger charge is -2.17. The normalized spacial score (nSPS) is 13.6. The minimum atomic E-state index is -2.22. The number of carbonyl (C=O) groups excluding carboxylic acids is 1. The van der Waals surface area contributed by atoms with Crippen LogP contribution in [0.4, 0.5) is 10.1 Å². The summed E-state index contributed by atoms with van der Waals surface area (Å²) in [7, 11) is 0. The number of ether oxygens (including phenoxy) is 1. The largest absolute Gasteiger partial charge is 0.502 e. The van der Waals surface area contributed by atoms with Crippen LogP contribution in [0.25, 0.3) is 0 Å². The number of nitro groups is 1. The molecule has 0 saturated carbocycles. The summed E-state index contributed by atoms with van der Waals surface area (Å²) in [5.41, 5.74) is 4.95. The van der Waals surface area contributed by atoms with E-state index >= 15 is 0 Å². The lowest BCUT2D eigenvalue weighted by atomic mass is 9.99. The van der Waals surface area contributed by atoms with Crippen LogP contribution in [0.1, 0.15) is 24.1 Å². The number of hydrogen-bond acceptors (Lipinski definition) is 6. The predicted molar refractivity (Wildman–Crippen MR) is 68.0 cm³/mol. The van der Waals surface area contributed by atoms with Crippen LogP contribution in [0.3, 0.4) is 0 Å². The molecule has 1 aromatic rings. The van der Waals surface area contributed by atoms with Gasteiger partial charge in [0, 0.05) is 11.1 Å². The molecule has 8 heteroatoms. The molecule has 0 amide bonds. The van der Waals surface area contributed by atoms with Crippen molar-refractivity contribution in [1.29, 1.82) is 0 Å². The standard InChI is InChI=1S/C12H15FN2O5/c1-3-20-12(17)8(13)9(14)7-5-4-6(2)10(11(7)16)15(18)19/h4-5,8-9,16H,3,14H2,1-2H3/t8?,9-/m0/s1. The third-order valence-corrected chi connectivity index (χ3v) is 2.75. The van der Waals surface area contributed by atoms with Gasteiger partial charge >= 0.3 is 11.7 Å². The number of aromatic hydroxyl groups is 1. The molecule has 0 aliphatic rings. The van der Waals surface area contributed by atoms with Crippen LogP contribution in [0, 0.1) is 17.0 Å². The number of rotatable bonds is 5. The van der Waals surface area contributed by atoms with Crippen molar-refractivity contribution in [3.63, 3.8) is 0 Å². The van der Waals surface area contributed by atoms with E-state index in [1.54, 1.807) is 0 Å². The molecule has 7 nitrogen and oxygen atoms in total. The first-order valence-corrected chi connectivity index (χ1v) is 5.84. The predicted octanol–water partition coefficient (Wildman–Crippen LogP) is 1.51. The number of aryl methyl sites for hydroxylation is 1. The Morgan fingerprint density at radius 2 is 2.20 bits per heavy atom. The molecule has 0 aliphatic carbocycles. The Kier molecular flexibility index (Phi) is 4.98. The fourth-order valence-electron chi connectivity index (χ4n) is 1.72. The van der Waals surface area contributed by atoms with Crippen LogP contribution >= 0.6 is 0 Å². The van der Waals surface area contributed by atoms with Crippen molar-refractivity contribution in [2.75, 3.05) is 6.61 Å². The van der Waals surface area contributed by atoms with E-state index in [-0.39, 0.29) is 17.7 Å². The van der Waals surface area contributed by atoms with E-state index in [9.17, 15) is 24.4 Å². The van der Waals surface area contributed by atoms with E-state index < -0.39 is 34.5 Å². The second kappa shape index (κ2) is 6.29. The molecule has 0 radical (unpaired) electrons. The second-order valence-electron chi connectivity index (χ2n) is 4.11. The minimum Gasteiger partial charge on any atom is -0.502 e. The van der Waals surface area contributed by atoms with Crippen molar-refractivity contribution in [2.24, 2.45) is 5.73 Å². The number of halogens is 1. The van der Waals surface area contributed by atoms with Crippen molar-refractivity contribution in [3.05, 3.63) is 33.4 Å².